The molecule has 2 N–H and O–H groups in total. The minimum absolute atomic E-state index is 0.0691. The predicted octanol–water partition coefficient (Wildman–Crippen LogP) is 3.10. The molecule has 1 aliphatic carbocycles. The van der Waals surface area contributed by atoms with Gasteiger partial charge in [-0.3, -0.25) is 0 Å². The van der Waals surface area contributed by atoms with Crippen molar-refractivity contribution in [2.45, 2.75) is 70.0 Å². The van der Waals surface area contributed by atoms with Gasteiger partial charge < -0.3 is 5.32 Å². The van der Waals surface area contributed by atoms with Crippen molar-refractivity contribution in [1.29, 1.82) is 0 Å². The van der Waals surface area contributed by atoms with Crippen LogP contribution in [0.4, 0.5) is 0 Å². The molecule has 6 heteroatoms. The smallest absolute Gasteiger partial charge is 0.241 e. The molecule has 0 aromatic carbocycles. The molecular formula is C15H26N2O2S2. The van der Waals surface area contributed by atoms with Crippen LogP contribution in [-0.2, 0) is 16.6 Å². The van der Waals surface area contributed by atoms with Gasteiger partial charge in [0.1, 0.15) is 0 Å². The van der Waals surface area contributed by atoms with Crippen molar-refractivity contribution in [2.75, 3.05) is 0 Å². The first-order chi connectivity index (χ1) is 9.90. The lowest BCUT2D eigenvalue weighted by atomic mass is 10.1. The molecule has 0 amide bonds. The van der Waals surface area contributed by atoms with Gasteiger partial charge in [-0.1, -0.05) is 33.6 Å². The first-order valence-corrected chi connectivity index (χ1v) is 10.1. The third-order valence-electron chi connectivity index (χ3n) is 3.75. The summed E-state index contributed by atoms with van der Waals surface area (Å²) < 4.78 is 27.7. The van der Waals surface area contributed by atoms with E-state index in [1.165, 1.54) is 24.2 Å². The Kier molecular flexibility index (Phi) is 5.82. The van der Waals surface area contributed by atoms with Crippen molar-refractivity contribution in [2.24, 2.45) is 5.92 Å². The average molecular weight is 331 g/mol. The number of hydrogen-bond acceptors (Lipinski definition) is 4. The molecule has 0 radical (unpaired) electrons. The second-order valence-electron chi connectivity index (χ2n) is 6.19. The molecule has 1 fully saturated rings. The van der Waals surface area contributed by atoms with E-state index >= 15 is 0 Å². The maximum Gasteiger partial charge on any atom is 0.241 e. The summed E-state index contributed by atoms with van der Waals surface area (Å²) in [6.07, 6.45) is 4.33. The van der Waals surface area contributed by atoms with Crippen LogP contribution in [-0.4, -0.2) is 20.5 Å². The Hall–Kier alpha value is -0.430. The molecule has 1 aromatic rings. The van der Waals surface area contributed by atoms with E-state index in [-0.39, 0.29) is 6.04 Å². The highest BCUT2D eigenvalue weighted by Crippen LogP contribution is 2.34. The van der Waals surface area contributed by atoms with Crippen molar-refractivity contribution in [3.63, 3.8) is 0 Å². The first-order valence-electron chi connectivity index (χ1n) is 7.73. The minimum Gasteiger partial charge on any atom is -0.310 e. The Morgan fingerprint density at radius 1 is 1.38 bits per heavy atom. The molecule has 4 nitrogen and oxygen atoms in total. The van der Waals surface area contributed by atoms with Crippen LogP contribution in [0.25, 0.3) is 0 Å². The molecule has 0 aliphatic heterocycles. The maximum atomic E-state index is 12.4. The lowest BCUT2D eigenvalue weighted by Gasteiger charge is -2.16. The standard InChI is InChI=1S/C15H26N2O2S2/c1-4-13(7-12-5-6-12)17-21(18,19)15-8-14(20-10-15)9-16-11(2)3/h8,10-13,16-17H,4-7,9H2,1-3H3. The first kappa shape index (κ1) is 16.9. The highest BCUT2D eigenvalue weighted by atomic mass is 32.2. The van der Waals surface area contributed by atoms with Gasteiger partial charge in [-0.2, -0.15) is 0 Å². The lowest BCUT2D eigenvalue weighted by molar-refractivity contribution is 0.495. The lowest BCUT2D eigenvalue weighted by Crippen LogP contribution is -2.34. The van der Waals surface area contributed by atoms with Crippen molar-refractivity contribution < 1.29 is 8.42 Å². The summed E-state index contributed by atoms with van der Waals surface area (Å²) in [4.78, 5) is 1.46. The quantitative estimate of drug-likeness (QED) is 0.731. The van der Waals surface area contributed by atoms with E-state index in [0.29, 0.717) is 10.9 Å². The molecule has 120 valence electrons. The zero-order valence-corrected chi connectivity index (χ0v) is 14.7. The summed E-state index contributed by atoms with van der Waals surface area (Å²) >= 11 is 1.50. The second-order valence-corrected chi connectivity index (χ2v) is 8.90. The van der Waals surface area contributed by atoms with Gasteiger partial charge in [-0.05, 0) is 24.8 Å². The van der Waals surface area contributed by atoms with Gasteiger partial charge in [0.15, 0.2) is 0 Å². The fourth-order valence-corrected chi connectivity index (χ4v) is 4.80. The maximum absolute atomic E-state index is 12.4. The monoisotopic (exact) mass is 330 g/mol. The van der Waals surface area contributed by atoms with Crippen molar-refractivity contribution in [3.8, 4) is 0 Å². The van der Waals surface area contributed by atoms with Crippen LogP contribution in [0, 0.1) is 5.92 Å². The van der Waals surface area contributed by atoms with E-state index in [1.807, 2.05) is 6.92 Å². The van der Waals surface area contributed by atoms with Gasteiger partial charge in [0.05, 0.1) is 4.90 Å². The van der Waals surface area contributed by atoms with Crippen LogP contribution in [0.1, 0.15) is 51.3 Å². The van der Waals surface area contributed by atoms with Gasteiger partial charge in [0.2, 0.25) is 10.0 Å². The van der Waals surface area contributed by atoms with Crippen molar-refractivity contribution in [3.05, 3.63) is 16.3 Å². The van der Waals surface area contributed by atoms with E-state index in [1.54, 1.807) is 11.4 Å². The molecule has 2 rings (SSSR count). The Bertz CT molecular complexity index is 548. The summed E-state index contributed by atoms with van der Waals surface area (Å²) in [5.74, 6) is 0.728. The summed E-state index contributed by atoms with van der Waals surface area (Å²) in [7, 11) is -3.37. The minimum atomic E-state index is -3.37. The van der Waals surface area contributed by atoms with Gasteiger partial charge >= 0.3 is 0 Å². The molecule has 0 spiro atoms. The Labute approximate surface area is 132 Å². The predicted molar refractivity (Wildman–Crippen MR) is 88.0 cm³/mol. The van der Waals surface area contributed by atoms with E-state index in [4.69, 9.17) is 0 Å². The van der Waals surface area contributed by atoms with Crippen LogP contribution in [0.2, 0.25) is 0 Å². The van der Waals surface area contributed by atoms with Gasteiger partial charge in [0, 0.05) is 28.9 Å². The molecule has 1 atom stereocenters. The Morgan fingerprint density at radius 3 is 2.67 bits per heavy atom. The third-order valence-corrected chi connectivity index (χ3v) is 6.34. The molecule has 1 heterocycles. The van der Waals surface area contributed by atoms with Crippen LogP contribution in [0.3, 0.4) is 0 Å². The van der Waals surface area contributed by atoms with Crippen LogP contribution in [0.5, 0.6) is 0 Å². The van der Waals surface area contributed by atoms with Gasteiger partial charge in [-0.15, -0.1) is 11.3 Å². The molecule has 0 bridgehead atoms. The molecule has 0 saturated heterocycles. The van der Waals surface area contributed by atoms with Crippen LogP contribution >= 0.6 is 11.3 Å². The Balaban J connectivity index is 1.97. The topological polar surface area (TPSA) is 58.2 Å². The van der Waals surface area contributed by atoms with E-state index in [2.05, 4.69) is 23.9 Å². The highest BCUT2D eigenvalue weighted by Gasteiger charge is 2.27. The molecule has 1 saturated carbocycles. The number of nitrogens with one attached hydrogen (secondary N) is 2. The van der Waals surface area contributed by atoms with Crippen LogP contribution < -0.4 is 10.0 Å². The van der Waals surface area contributed by atoms with Gasteiger partial charge in [-0.25, -0.2) is 13.1 Å². The van der Waals surface area contributed by atoms with Crippen molar-refractivity contribution >= 4 is 21.4 Å². The number of thiophene rings is 1. The number of sulfonamides is 1. The Morgan fingerprint density at radius 2 is 2.10 bits per heavy atom. The van der Waals surface area contributed by atoms with E-state index in [0.717, 1.165) is 30.2 Å². The SMILES string of the molecule is CCC(CC1CC1)NS(=O)(=O)c1csc(CNC(C)C)c1. The molecule has 1 unspecified atom stereocenters. The highest BCUT2D eigenvalue weighted by molar-refractivity contribution is 7.89. The largest absolute Gasteiger partial charge is 0.310 e. The van der Waals surface area contributed by atoms with E-state index in [9.17, 15) is 8.42 Å². The summed E-state index contributed by atoms with van der Waals surface area (Å²) in [6, 6.07) is 2.25. The van der Waals surface area contributed by atoms with Gasteiger partial charge in [0.25, 0.3) is 0 Å². The summed E-state index contributed by atoms with van der Waals surface area (Å²) in [5.41, 5.74) is 0. The number of rotatable bonds is 9. The zero-order valence-electron chi connectivity index (χ0n) is 13.1. The van der Waals surface area contributed by atoms with E-state index < -0.39 is 10.0 Å². The number of hydrogen-bond donors (Lipinski definition) is 2. The average Bonchev–Trinajstić information content (AvgIpc) is 3.09. The summed E-state index contributed by atoms with van der Waals surface area (Å²) in [5, 5.41) is 5.05. The van der Waals surface area contributed by atoms with Crippen molar-refractivity contribution in [1.82, 2.24) is 10.0 Å². The van der Waals surface area contributed by atoms with Crippen LogP contribution in [0.15, 0.2) is 16.3 Å². The zero-order chi connectivity index (χ0) is 15.5. The molecular weight excluding hydrogens is 304 g/mol. The third kappa shape index (κ3) is 5.36. The fourth-order valence-electron chi connectivity index (χ4n) is 2.24. The molecule has 1 aliphatic rings. The second kappa shape index (κ2) is 7.22. The normalized spacial score (nSPS) is 17.3. The summed E-state index contributed by atoms with van der Waals surface area (Å²) in [6.45, 7) is 6.92. The fraction of sp³-hybridized carbons (Fsp3) is 0.733. The molecule has 1 aromatic heterocycles. The molecule has 21 heavy (non-hydrogen) atoms.